The molecule has 3 aromatic rings. The van der Waals surface area contributed by atoms with Crippen molar-refractivity contribution >= 4 is 15.9 Å². The van der Waals surface area contributed by atoms with E-state index < -0.39 is 15.7 Å². The van der Waals surface area contributed by atoms with Gasteiger partial charge in [-0.15, -0.1) is 0 Å². The Morgan fingerprint density at radius 1 is 1.09 bits per heavy atom. The summed E-state index contributed by atoms with van der Waals surface area (Å²) in [5.74, 6) is 1.52. The molecule has 0 radical (unpaired) electrons. The lowest BCUT2D eigenvalue weighted by atomic mass is 9.88. The van der Waals surface area contributed by atoms with Crippen LogP contribution < -0.4 is 9.64 Å². The Morgan fingerprint density at radius 3 is 2.44 bits per heavy atom. The van der Waals surface area contributed by atoms with Crippen molar-refractivity contribution in [2.75, 3.05) is 24.2 Å². The second-order valence-corrected chi connectivity index (χ2v) is 11.5. The van der Waals surface area contributed by atoms with Crippen LogP contribution >= 0.6 is 0 Å². The fraction of sp³-hybridized carbons (Fsp3) is 0.440. The van der Waals surface area contributed by atoms with E-state index in [1.165, 1.54) is 12.1 Å². The van der Waals surface area contributed by atoms with Crippen LogP contribution in [0.5, 0.6) is 5.75 Å². The molecular formula is C25H28FN3O4S. The van der Waals surface area contributed by atoms with Gasteiger partial charge in [-0.1, -0.05) is 31.1 Å². The molecule has 9 heteroatoms. The molecule has 1 aromatic heterocycles. The van der Waals surface area contributed by atoms with Crippen LogP contribution in [0.4, 0.5) is 10.4 Å². The minimum absolute atomic E-state index is 0.102. The van der Waals surface area contributed by atoms with Gasteiger partial charge in [-0.3, -0.25) is 0 Å². The average molecular weight is 486 g/mol. The maximum Gasteiger partial charge on any atom is 0.324 e. The smallest absolute Gasteiger partial charge is 0.324 e. The van der Waals surface area contributed by atoms with Crippen molar-refractivity contribution in [2.45, 2.75) is 50.0 Å². The van der Waals surface area contributed by atoms with Gasteiger partial charge in [0.25, 0.3) is 0 Å². The summed E-state index contributed by atoms with van der Waals surface area (Å²) in [6, 6.07) is 10.7. The molecule has 1 fully saturated rings. The number of anilines is 1. The third-order valence-electron chi connectivity index (χ3n) is 6.71. The number of aromatic nitrogens is 2. The number of halogens is 1. The summed E-state index contributed by atoms with van der Waals surface area (Å²) in [5.41, 5.74) is 2.58. The van der Waals surface area contributed by atoms with Crippen molar-refractivity contribution in [1.82, 2.24) is 10.1 Å². The number of sulfone groups is 1. The molecule has 1 unspecified atom stereocenters. The number of rotatable bonds is 5. The first-order valence-corrected chi connectivity index (χ1v) is 13.5. The zero-order chi connectivity index (χ0) is 24.0. The van der Waals surface area contributed by atoms with Crippen LogP contribution in [0, 0.1) is 11.7 Å². The molecule has 0 aliphatic carbocycles. The van der Waals surface area contributed by atoms with Gasteiger partial charge in [-0.25, -0.2) is 12.8 Å². The molecule has 0 spiro atoms. The number of ether oxygens (including phenoxy) is 1. The highest BCUT2D eigenvalue weighted by atomic mass is 32.2. The Labute approximate surface area is 198 Å². The summed E-state index contributed by atoms with van der Waals surface area (Å²) in [6.45, 7) is 5.78. The molecule has 0 amide bonds. The highest BCUT2D eigenvalue weighted by Gasteiger charge is 2.34. The zero-order valence-corrected chi connectivity index (χ0v) is 20.3. The van der Waals surface area contributed by atoms with E-state index in [4.69, 9.17) is 9.26 Å². The molecule has 34 heavy (non-hydrogen) atoms. The second kappa shape index (κ2) is 8.69. The quantitative estimate of drug-likeness (QED) is 0.521. The number of hydrogen-bond acceptors (Lipinski definition) is 7. The largest absolute Gasteiger partial charge is 0.490 e. The summed E-state index contributed by atoms with van der Waals surface area (Å²) in [4.78, 5) is 6.37. The first-order chi connectivity index (χ1) is 16.2. The van der Waals surface area contributed by atoms with E-state index in [9.17, 15) is 12.8 Å². The summed E-state index contributed by atoms with van der Waals surface area (Å²) in [5, 5.41) is 4.06. The topological polar surface area (TPSA) is 85.5 Å². The lowest BCUT2D eigenvalue weighted by molar-refractivity contribution is 0.137. The van der Waals surface area contributed by atoms with Gasteiger partial charge in [-0.05, 0) is 59.7 Å². The van der Waals surface area contributed by atoms with Gasteiger partial charge in [-0.2, -0.15) is 4.98 Å². The molecule has 2 aromatic carbocycles. The molecule has 5 rings (SSSR count). The van der Waals surface area contributed by atoms with Crippen LogP contribution in [0.2, 0.25) is 0 Å². The number of fused-ring (bicyclic) bond motifs is 1. The molecule has 3 heterocycles. The summed E-state index contributed by atoms with van der Waals surface area (Å²) < 4.78 is 49.5. The first-order valence-electron chi connectivity index (χ1n) is 11.6. The average Bonchev–Trinajstić information content (AvgIpc) is 3.45. The summed E-state index contributed by atoms with van der Waals surface area (Å²) in [6.07, 6.45) is 3.86. The summed E-state index contributed by atoms with van der Waals surface area (Å²) >= 11 is 0. The van der Waals surface area contributed by atoms with Gasteiger partial charge in [0.15, 0.2) is 15.7 Å². The van der Waals surface area contributed by atoms with E-state index in [-0.39, 0.29) is 16.9 Å². The highest BCUT2D eigenvalue weighted by Crippen LogP contribution is 2.38. The number of hydrogen-bond donors (Lipinski definition) is 0. The van der Waals surface area contributed by atoms with Crippen molar-refractivity contribution < 1.29 is 22.1 Å². The van der Waals surface area contributed by atoms with Gasteiger partial charge in [0.1, 0.15) is 22.6 Å². The van der Waals surface area contributed by atoms with Crippen LogP contribution in [0.25, 0.3) is 11.1 Å². The Morgan fingerprint density at radius 2 is 1.79 bits per heavy atom. The minimum Gasteiger partial charge on any atom is -0.490 e. The number of benzene rings is 2. The molecule has 2 aliphatic rings. The zero-order valence-electron chi connectivity index (χ0n) is 19.5. The van der Waals surface area contributed by atoms with Crippen molar-refractivity contribution in [2.24, 2.45) is 5.92 Å². The van der Waals surface area contributed by atoms with Crippen LogP contribution in [0.3, 0.4) is 0 Å². The Hall–Kier alpha value is -2.94. The maximum atomic E-state index is 14.4. The van der Waals surface area contributed by atoms with E-state index in [0.29, 0.717) is 17.5 Å². The van der Waals surface area contributed by atoms with E-state index in [1.54, 1.807) is 6.07 Å². The molecule has 0 N–H and O–H groups in total. The van der Waals surface area contributed by atoms with Gasteiger partial charge in [0, 0.05) is 31.7 Å². The lowest BCUT2D eigenvalue weighted by Gasteiger charge is -2.33. The van der Waals surface area contributed by atoms with Crippen LogP contribution in [0.1, 0.15) is 44.0 Å². The van der Waals surface area contributed by atoms with Crippen molar-refractivity contribution in [3.05, 3.63) is 53.6 Å². The monoisotopic (exact) mass is 485 g/mol. The van der Waals surface area contributed by atoms with E-state index in [2.05, 4.69) is 15.0 Å². The third kappa shape index (κ3) is 4.41. The maximum absolute atomic E-state index is 14.4. The molecule has 0 saturated carbocycles. The molecule has 0 bridgehead atoms. The minimum atomic E-state index is -3.60. The fourth-order valence-corrected chi connectivity index (χ4v) is 5.48. The third-order valence-corrected chi connectivity index (χ3v) is 7.84. The molecule has 1 saturated heterocycles. The predicted octanol–water partition coefficient (Wildman–Crippen LogP) is 4.62. The van der Waals surface area contributed by atoms with Gasteiger partial charge in [0.2, 0.25) is 0 Å². The van der Waals surface area contributed by atoms with E-state index >= 15 is 0 Å². The van der Waals surface area contributed by atoms with E-state index in [0.717, 1.165) is 61.3 Å². The molecule has 180 valence electrons. The van der Waals surface area contributed by atoms with Crippen molar-refractivity contribution in [3.63, 3.8) is 0 Å². The van der Waals surface area contributed by atoms with E-state index in [1.807, 2.05) is 32.0 Å². The Kier molecular flexibility index (Phi) is 5.83. The van der Waals surface area contributed by atoms with Crippen LogP contribution in [-0.4, -0.2) is 44.0 Å². The van der Waals surface area contributed by atoms with Crippen LogP contribution in [-0.2, 0) is 16.3 Å². The fourth-order valence-electron chi connectivity index (χ4n) is 4.75. The number of piperidine rings is 1. The first kappa shape index (κ1) is 22.8. The SMILES string of the molecule is CC(C)c1noc(N2CCC(C3Cc4cc(-c5ccc(S(C)(=O)=O)c(F)c5)ccc4O3)CC2)n1. The Balaban J connectivity index is 1.25. The molecular weight excluding hydrogens is 457 g/mol. The van der Waals surface area contributed by atoms with Gasteiger partial charge < -0.3 is 14.2 Å². The predicted molar refractivity (Wildman–Crippen MR) is 126 cm³/mol. The van der Waals surface area contributed by atoms with Crippen LogP contribution in [0.15, 0.2) is 45.8 Å². The van der Waals surface area contributed by atoms with Gasteiger partial charge in [0.05, 0.1) is 0 Å². The molecule has 1 atom stereocenters. The highest BCUT2D eigenvalue weighted by molar-refractivity contribution is 7.90. The van der Waals surface area contributed by atoms with Crippen molar-refractivity contribution in [3.8, 4) is 16.9 Å². The molecule has 2 aliphatic heterocycles. The summed E-state index contributed by atoms with van der Waals surface area (Å²) in [7, 11) is -3.60. The lowest BCUT2D eigenvalue weighted by Crippen LogP contribution is -2.39. The normalized spacial score (nSPS) is 18.9. The number of nitrogens with zero attached hydrogens (tertiary/aromatic N) is 3. The molecule has 7 nitrogen and oxygen atoms in total. The second-order valence-electron chi connectivity index (χ2n) is 9.51. The standard InChI is InChI=1S/C25H28FN3O4S/c1-15(2)24-27-25(33-28-24)29-10-8-16(9-11-29)22-14-19-12-17(4-6-21(19)32-22)18-5-7-23(20(26)13-18)34(3,30)31/h4-7,12-13,15-16,22H,8-11,14H2,1-3H3. The Bertz CT molecular complexity index is 1310. The van der Waals surface area contributed by atoms with Crippen molar-refractivity contribution in [1.29, 1.82) is 0 Å². The van der Waals surface area contributed by atoms with Gasteiger partial charge >= 0.3 is 6.01 Å².